The molecule has 0 saturated heterocycles. The van der Waals surface area contributed by atoms with E-state index < -0.39 is 5.97 Å². The number of ether oxygens (including phenoxy) is 1. The van der Waals surface area contributed by atoms with Gasteiger partial charge in [0.15, 0.2) is 0 Å². The Balaban J connectivity index is 1.98. The average Bonchev–Trinajstić information content (AvgIpc) is 2.48. The van der Waals surface area contributed by atoms with E-state index in [4.69, 9.17) is 9.84 Å². The molecule has 0 heterocycles. The van der Waals surface area contributed by atoms with Crippen LogP contribution in [0, 0.1) is 0 Å². The zero-order valence-corrected chi connectivity index (χ0v) is 11.1. The van der Waals surface area contributed by atoms with Gasteiger partial charge in [-0.1, -0.05) is 24.3 Å². The van der Waals surface area contributed by atoms with E-state index in [1.807, 2.05) is 30.3 Å². The zero-order chi connectivity index (χ0) is 14.4. The lowest BCUT2D eigenvalue weighted by molar-refractivity contribution is 0.0693. The second-order valence-electron chi connectivity index (χ2n) is 4.18. The number of nitrogens with one attached hydrogen (secondary N) is 2. The highest BCUT2D eigenvalue weighted by Crippen LogP contribution is 2.20. The van der Waals surface area contributed by atoms with Gasteiger partial charge in [-0.3, -0.25) is 0 Å². The lowest BCUT2D eigenvalue weighted by Gasteiger charge is -2.10. The molecule has 3 N–H and O–H groups in total. The van der Waals surface area contributed by atoms with Crippen molar-refractivity contribution in [2.24, 2.45) is 0 Å². The van der Waals surface area contributed by atoms with Gasteiger partial charge in [-0.25, -0.2) is 10.2 Å². The fourth-order valence-electron chi connectivity index (χ4n) is 1.79. The lowest BCUT2D eigenvalue weighted by Crippen LogP contribution is -2.20. The molecule has 2 rings (SSSR count). The van der Waals surface area contributed by atoms with Gasteiger partial charge in [0.2, 0.25) is 0 Å². The Labute approximate surface area is 117 Å². The van der Waals surface area contributed by atoms with Gasteiger partial charge >= 0.3 is 5.97 Å². The van der Waals surface area contributed by atoms with Crippen LogP contribution in [0.4, 0.5) is 5.69 Å². The highest BCUT2D eigenvalue weighted by molar-refractivity contribution is 5.90. The summed E-state index contributed by atoms with van der Waals surface area (Å²) in [5, 5.41) is 9.00. The van der Waals surface area contributed by atoms with Crippen LogP contribution in [0.25, 0.3) is 0 Å². The van der Waals surface area contributed by atoms with Crippen molar-refractivity contribution in [2.45, 2.75) is 6.54 Å². The lowest BCUT2D eigenvalue weighted by atomic mass is 10.1. The van der Waals surface area contributed by atoms with Crippen LogP contribution in [0.1, 0.15) is 15.9 Å². The Morgan fingerprint density at radius 3 is 2.60 bits per heavy atom. The number of carbonyl (C=O) groups is 1. The number of hydrogen-bond acceptors (Lipinski definition) is 4. The third kappa shape index (κ3) is 3.49. The van der Waals surface area contributed by atoms with Crippen LogP contribution in [0.3, 0.4) is 0 Å². The molecule has 0 aliphatic carbocycles. The summed E-state index contributed by atoms with van der Waals surface area (Å²) in [5.74, 6) is -0.639. The van der Waals surface area contributed by atoms with Crippen LogP contribution < -0.4 is 15.6 Å². The quantitative estimate of drug-likeness (QED) is 0.705. The van der Waals surface area contributed by atoms with Crippen LogP contribution in [0.2, 0.25) is 0 Å². The van der Waals surface area contributed by atoms with E-state index in [0.717, 1.165) is 11.3 Å². The Morgan fingerprint density at radius 1 is 1.20 bits per heavy atom. The third-order valence-electron chi connectivity index (χ3n) is 2.80. The number of carboxylic acids is 1. The third-order valence-corrected chi connectivity index (χ3v) is 2.80. The Kier molecular flexibility index (Phi) is 4.57. The number of carboxylic acid groups (broad SMARTS) is 1. The number of benzene rings is 2. The monoisotopic (exact) mass is 272 g/mol. The fourth-order valence-corrected chi connectivity index (χ4v) is 1.79. The van der Waals surface area contributed by atoms with E-state index in [1.54, 1.807) is 18.2 Å². The van der Waals surface area contributed by atoms with E-state index in [-0.39, 0.29) is 5.56 Å². The first-order valence-electron chi connectivity index (χ1n) is 6.15. The predicted molar refractivity (Wildman–Crippen MR) is 76.9 cm³/mol. The van der Waals surface area contributed by atoms with Crippen molar-refractivity contribution in [2.75, 3.05) is 12.5 Å². The first kappa shape index (κ1) is 13.9. The van der Waals surface area contributed by atoms with Crippen molar-refractivity contribution in [3.8, 4) is 5.75 Å². The molecule has 0 aliphatic heterocycles. The number of aromatic carboxylic acids is 1. The molecule has 5 heteroatoms. The summed E-state index contributed by atoms with van der Waals surface area (Å²) in [6.45, 7) is 0.547. The smallest absolute Gasteiger partial charge is 0.339 e. The second-order valence-corrected chi connectivity index (χ2v) is 4.18. The van der Waals surface area contributed by atoms with Gasteiger partial charge in [0, 0.05) is 12.2 Å². The standard InChI is InChI=1S/C15H16N2O3/c1-20-14-9-11(7-8-13(14)15(18)19)10-16-17-12-5-3-2-4-6-12/h2-9,16-17H,10H2,1H3,(H,18,19). The summed E-state index contributed by atoms with van der Waals surface area (Å²) < 4.78 is 5.08. The van der Waals surface area contributed by atoms with Gasteiger partial charge in [0.05, 0.1) is 7.11 Å². The molecular formula is C15H16N2O3. The maximum absolute atomic E-state index is 11.0. The molecule has 0 unspecified atom stereocenters. The summed E-state index contributed by atoms with van der Waals surface area (Å²) >= 11 is 0. The van der Waals surface area contributed by atoms with Crippen LogP contribution in [-0.2, 0) is 6.54 Å². The Bertz CT molecular complexity index is 585. The minimum absolute atomic E-state index is 0.160. The van der Waals surface area contributed by atoms with Gasteiger partial charge < -0.3 is 15.3 Å². The first-order chi connectivity index (χ1) is 9.70. The van der Waals surface area contributed by atoms with E-state index in [2.05, 4.69) is 10.9 Å². The van der Waals surface area contributed by atoms with Crippen LogP contribution in [0.5, 0.6) is 5.75 Å². The molecule has 5 nitrogen and oxygen atoms in total. The van der Waals surface area contributed by atoms with Gasteiger partial charge in [0.25, 0.3) is 0 Å². The van der Waals surface area contributed by atoms with Gasteiger partial charge in [-0.05, 0) is 29.8 Å². The van der Waals surface area contributed by atoms with E-state index >= 15 is 0 Å². The minimum atomic E-state index is -0.997. The topological polar surface area (TPSA) is 70.6 Å². The summed E-state index contributed by atoms with van der Waals surface area (Å²) in [4.78, 5) is 11.0. The van der Waals surface area contributed by atoms with Crippen molar-refractivity contribution in [1.29, 1.82) is 0 Å². The number of rotatable bonds is 6. The molecule has 104 valence electrons. The normalized spacial score (nSPS) is 10.1. The number of para-hydroxylation sites is 1. The molecule has 0 aliphatic rings. The van der Waals surface area contributed by atoms with Crippen LogP contribution >= 0.6 is 0 Å². The molecule has 0 fully saturated rings. The number of methoxy groups -OCH3 is 1. The molecule has 0 spiro atoms. The molecular weight excluding hydrogens is 256 g/mol. The number of hydrazine groups is 1. The van der Waals surface area contributed by atoms with Crippen molar-refractivity contribution in [3.63, 3.8) is 0 Å². The molecule has 0 saturated carbocycles. The largest absolute Gasteiger partial charge is 0.496 e. The van der Waals surface area contributed by atoms with Crippen LogP contribution in [0.15, 0.2) is 48.5 Å². The number of anilines is 1. The maximum Gasteiger partial charge on any atom is 0.339 e. The Hall–Kier alpha value is -2.53. The van der Waals surface area contributed by atoms with Crippen molar-refractivity contribution in [1.82, 2.24) is 5.43 Å². The molecule has 0 bridgehead atoms. The molecule has 0 aromatic heterocycles. The predicted octanol–water partition coefficient (Wildman–Crippen LogP) is 2.51. The van der Waals surface area contributed by atoms with Gasteiger partial charge in [0.1, 0.15) is 11.3 Å². The van der Waals surface area contributed by atoms with Crippen LogP contribution in [-0.4, -0.2) is 18.2 Å². The van der Waals surface area contributed by atoms with Crippen molar-refractivity contribution < 1.29 is 14.6 Å². The zero-order valence-electron chi connectivity index (χ0n) is 11.1. The molecule has 0 radical (unpaired) electrons. The minimum Gasteiger partial charge on any atom is -0.496 e. The highest BCUT2D eigenvalue weighted by atomic mass is 16.5. The Morgan fingerprint density at radius 2 is 1.95 bits per heavy atom. The number of hydrogen-bond donors (Lipinski definition) is 3. The average molecular weight is 272 g/mol. The van der Waals surface area contributed by atoms with Crippen molar-refractivity contribution in [3.05, 3.63) is 59.7 Å². The second kappa shape index (κ2) is 6.58. The van der Waals surface area contributed by atoms with E-state index in [9.17, 15) is 4.79 Å². The summed E-state index contributed by atoms with van der Waals surface area (Å²) in [6, 6.07) is 14.7. The molecule has 0 atom stereocenters. The fraction of sp³-hybridized carbons (Fsp3) is 0.133. The molecule has 0 amide bonds. The molecule has 2 aromatic rings. The first-order valence-corrected chi connectivity index (χ1v) is 6.15. The van der Waals surface area contributed by atoms with Gasteiger partial charge in [-0.2, -0.15) is 0 Å². The highest BCUT2D eigenvalue weighted by Gasteiger charge is 2.10. The summed E-state index contributed by atoms with van der Waals surface area (Å²) in [7, 11) is 1.46. The SMILES string of the molecule is COc1cc(CNNc2ccccc2)ccc1C(=O)O. The maximum atomic E-state index is 11.0. The molecule has 2 aromatic carbocycles. The summed E-state index contributed by atoms with van der Waals surface area (Å²) in [6.07, 6.45) is 0. The van der Waals surface area contributed by atoms with E-state index in [1.165, 1.54) is 7.11 Å². The molecule has 20 heavy (non-hydrogen) atoms. The van der Waals surface area contributed by atoms with Gasteiger partial charge in [-0.15, -0.1) is 0 Å². The van der Waals surface area contributed by atoms with Crippen molar-refractivity contribution >= 4 is 11.7 Å². The summed E-state index contributed by atoms with van der Waals surface area (Å²) in [5.41, 5.74) is 8.17. The van der Waals surface area contributed by atoms with E-state index in [0.29, 0.717) is 12.3 Å².